The number of allylic oxidation sites excluding steroid dienone is 1. The lowest BCUT2D eigenvalue weighted by atomic mass is 10.0. The van der Waals surface area contributed by atoms with E-state index in [0.717, 1.165) is 18.4 Å². The van der Waals surface area contributed by atoms with E-state index in [1.54, 1.807) is 6.92 Å². The van der Waals surface area contributed by atoms with Gasteiger partial charge in [0.05, 0.1) is 6.61 Å². The van der Waals surface area contributed by atoms with Crippen molar-refractivity contribution < 1.29 is 9.90 Å². The molecule has 0 spiro atoms. The average Bonchev–Trinajstić information content (AvgIpc) is 2.55. The number of unbranched alkanes of at least 4 members (excludes halogenated alkanes) is 11. The Morgan fingerprint density at radius 2 is 1.43 bits per heavy atom. The fraction of sp³-hybridized carbons (Fsp3) is 0.850. The van der Waals surface area contributed by atoms with E-state index in [9.17, 15) is 4.79 Å². The Balaban J connectivity index is 3.44. The van der Waals surface area contributed by atoms with Crippen LogP contribution in [0.4, 0.5) is 0 Å². The molecular weight excluding hydrogens is 286 g/mol. The van der Waals surface area contributed by atoms with Gasteiger partial charge in [-0.1, -0.05) is 77.2 Å². The van der Waals surface area contributed by atoms with Crippen molar-refractivity contribution in [2.24, 2.45) is 0 Å². The molecule has 0 heterocycles. The van der Waals surface area contributed by atoms with Crippen molar-refractivity contribution in [2.75, 3.05) is 6.61 Å². The Morgan fingerprint density at radius 3 is 1.91 bits per heavy atom. The van der Waals surface area contributed by atoms with E-state index in [1.807, 2.05) is 13.0 Å². The Bertz CT molecular complexity index is 313. The lowest BCUT2D eigenvalue weighted by molar-refractivity contribution is -0.118. The Morgan fingerprint density at radius 1 is 0.957 bits per heavy atom. The molecule has 0 aliphatic carbocycles. The van der Waals surface area contributed by atoms with Gasteiger partial charge in [-0.2, -0.15) is 0 Å². The molecule has 0 saturated heterocycles. The van der Waals surface area contributed by atoms with Crippen LogP contribution in [0.3, 0.4) is 0 Å². The molecule has 0 aliphatic heterocycles. The van der Waals surface area contributed by atoms with Crippen LogP contribution in [0, 0.1) is 0 Å². The van der Waals surface area contributed by atoms with E-state index in [-0.39, 0.29) is 18.6 Å². The third-order valence-electron chi connectivity index (χ3n) is 4.27. The quantitative estimate of drug-likeness (QED) is 0.324. The summed E-state index contributed by atoms with van der Waals surface area (Å²) in [6, 6.07) is -0.173. The summed E-state index contributed by atoms with van der Waals surface area (Å²) >= 11 is 0. The standard InChI is InChI=1S/C20H39NO2/c1-4-5-6-7-8-9-10-11-12-13-14-15-16-18(2)20(23)21-19(3)17-22/h16,19,22H,4-15,17H2,1-3H3,(H,21,23)/b18-16+. The van der Waals surface area contributed by atoms with Crippen molar-refractivity contribution in [3.63, 3.8) is 0 Å². The fourth-order valence-electron chi connectivity index (χ4n) is 2.60. The van der Waals surface area contributed by atoms with E-state index in [2.05, 4.69) is 12.2 Å². The van der Waals surface area contributed by atoms with Crippen LogP contribution >= 0.6 is 0 Å². The van der Waals surface area contributed by atoms with Crippen LogP contribution in [-0.2, 0) is 4.79 Å². The minimum Gasteiger partial charge on any atom is -0.394 e. The molecule has 1 unspecified atom stereocenters. The first-order valence-electron chi connectivity index (χ1n) is 9.70. The fourth-order valence-corrected chi connectivity index (χ4v) is 2.60. The van der Waals surface area contributed by atoms with Crippen LogP contribution < -0.4 is 5.32 Å². The number of hydrogen-bond donors (Lipinski definition) is 2. The Labute approximate surface area is 143 Å². The third-order valence-corrected chi connectivity index (χ3v) is 4.27. The number of amides is 1. The minimum atomic E-state index is -0.173. The smallest absolute Gasteiger partial charge is 0.246 e. The average molecular weight is 326 g/mol. The molecule has 0 aliphatic rings. The van der Waals surface area contributed by atoms with Gasteiger partial charge >= 0.3 is 0 Å². The van der Waals surface area contributed by atoms with Gasteiger partial charge < -0.3 is 10.4 Å². The van der Waals surface area contributed by atoms with Gasteiger partial charge in [-0.3, -0.25) is 4.79 Å². The molecule has 0 rings (SSSR count). The molecule has 0 radical (unpaired) electrons. The maximum atomic E-state index is 11.8. The number of aliphatic hydroxyl groups excluding tert-OH is 1. The molecule has 3 heteroatoms. The highest BCUT2D eigenvalue weighted by molar-refractivity contribution is 5.92. The molecule has 0 aromatic heterocycles. The van der Waals surface area contributed by atoms with Crippen LogP contribution in [0.25, 0.3) is 0 Å². The highest BCUT2D eigenvalue weighted by Gasteiger charge is 2.07. The van der Waals surface area contributed by atoms with Crippen molar-refractivity contribution in [2.45, 2.75) is 104 Å². The predicted octanol–water partition coefficient (Wildman–Crippen LogP) is 5.13. The Kier molecular flexibility index (Phi) is 15.5. The molecule has 0 fully saturated rings. The molecule has 23 heavy (non-hydrogen) atoms. The normalized spacial score (nSPS) is 13.1. The van der Waals surface area contributed by atoms with Gasteiger partial charge in [0.15, 0.2) is 0 Å². The summed E-state index contributed by atoms with van der Waals surface area (Å²) in [6.07, 6.45) is 17.8. The summed E-state index contributed by atoms with van der Waals surface area (Å²) in [4.78, 5) is 11.8. The second-order valence-corrected chi connectivity index (χ2v) is 6.77. The molecule has 0 aromatic rings. The molecule has 0 aromatic carbocycles. The van der Waals surface area contributed by atoms with E-state index < -0.39 is 0 Å². The largest absolute Gasteiger partial charge is 0.394 e. The zero-order chi connectivity index (χ0) is 17.3. The SMILES string of the molecule is CCCCCCCCCCCCC/C=C(\C)C(=O)NC(C)CO. The van der Waals surface area contributed by atoms with Gasteiger partial charge in [0.25, 0.3) is 0 Å². The zero-order valence-electron chi connectivity index (χ0n) is 15.7. The lowest BCUT2D eigenvalue weighted by Crippen LogP contribution is -2.35. The van der Waals surface area contributed by atoms with Crippen LogP contribution in [0.2, 0.25) is 0 Å². The number of aliphatic hydroxyl groups is 1. The number of hydrogen-bond acceptors (Lipinski definition) is 2. The second-order valence-electron chi connectivity index (χ2n) is 6.77. The van der Waals surface area contributed by atoms with Crippen molar-refractivity contribution in [3.05, 3.63) is 11.6 Å². The second kappa shape index (κ2) is 16.0. The van der Waals surface area contributed by atoms with Crippen LogP contribution in [0.15, 0.2) is 11.6 Å². The van der Waals surface area contributed by atoms with Gasteiger partial charge in [-0.05, 0) is 26.7 Å². The summed E-state index contributed by atoms with van der Waals surface area (Å²) in [7, 11) is 0. The minimum absolute atomic E-state index is 0.0162. The van der Waals surface area contributed by atoms with E-state index in [1.165, 1.54) is 64.2 Å². The lowest BCUT2D eigenvalue weighted by Gasteiger charge is -2.10. The van der Waals surface area contributed by atoms with Crippen LogP contribution in [0.5, 0.6) is 0 Å². The molecule has 3 nitrogen and oxygen atoms in total. The molecule has 1 atom stereocenters. The first-order valence-corrected chi connectivity index (χ1v) is 9.70. The molecular formula is C20H39NO2. The maximum Gasteiger partial charge on any atom is 0.246 e. The van der Waals surface area contributed by atoms with Crippen LogP contribution in [0.1, 0.15) is 97.8 Å². The van der Waals surface area contributed by atoms with Crippen molar-refractivity contribution >= 4 is 5.91 Å². The molecule has 0 bridgehead atoms. The van der Waals surface area contributed by atoms with Gasteiger partial charge in [0.1, 0.15) is 0 Å². The number of rotatable bonds is 15. The predicted molar refractivity (Wildman–Crippen MR) is 99.5 cm³/mol. The van der Waals surface area contributed by atoms with Gasteiger partial charge in [0, 0.05) is 11.6 Å². The number of carbonyl (C=O) groups excluding carboxylic acids is 1. The summed E-state index contributed by atoms with van der Waals surface area (Å²) in [6.45, 7) is 5.89. The molecule has 2 N–H and O–H groups in total. The number of nitrogens with one attached hydrogen (secondary N) is 1. The first kappa shape index (κ1) is 22.2. The first-order chi connectivity index (χ1) is 11.1. The van der Waals surface area contributed by atoms with Gasteiger partial charge in [0.2, 0.25) is 5.91 Å². The molecule has 1 amide bonds. The van der Waals surface area contributed by atoms with E-state index >= 15 is 0 Å². The highest BCUT2D eigenvalue weighted by Crippen LogP contribution is 2.12. The molecule has 136 valence electrons. The topological polar surface area (TPSA) is 49.3 Å². The zero-order valence-corrected chi connectivity index (χ0v) is 15.7. The van der Waals surface area contributed by atoms with Crippen molar-refractivity contribution in [1.82, 2.24) is 5.32 Å². The number of carbonyl (C=O) groups is 1. The maximum absolute atomic E-state index is 11.8. The summed E-state index contributed by atoms with van der Waals surface area (Å²) < 4.78 is 0. The summed E-state index contributed by atoms with van der Waals surface area (Å²) in [5.41, 5.74) is 0.761. The van der Waals surface area contributed by atoms with Crippen LogP contribution in [-0.4, -0.2) is 23.7 Å². The highest BCUT2D eigenvalue weighted by atomic mass is 16.3. The van der Waals surface area contributed by atoms with E-state index in [0.29, 0.717) is 0 Å². The van der Waals surface area contributed by atoms with Crippen molar-refractivity contribution in [3.8, 4) is 0 Å². The van der Waals surface area contributed by atoms with Gasteiger partial charge in [-0.15, -0.1) is 0 Å². The summed E-state index contributed by atoms with van der Waals surface area (Å²) in [5, 5.41) is 11.7. The summed E-state index contributed by atoms with van der Waals surface area (Å²) in [5.74, 6) is -0.0605. The van der Waals surface area contributed by atoms with E-state index in [4.69, 9.17) is 5.11 Å². The van der Waals surface area contributed by atoms with Crippen molar-refractivity contribution in [1.29, 1.82) is 0 Å². The monoisotopic (exact) mass is 325 g/mol. The Hall–Kier alpha value is -0.830. The van der Waals surface area contributed by atoms with Gasteiger partial charge in [-0.25, -0.2) is 0 Å². The molecule has 0 saturated carbocycles. The third kappa shape index (κ3) is 14.5.